The molecule has 2 aromatic rings. The number of carbonyl (C=O) groups is 1. The van der Waals surface area contributed by atoms with Gasteiger partial charge >= 0.3 is 5.97 Å². The topological polar surface area (TPSA) is 49.3 Å². The average molecular weight is 322 g/mol. The number of para-hydroxylation sites is 1. The first-order valence-electron chi connectivity index (χ1n) is 6.38. The lowest BCUT2D eigenvalue weighted by molar-refractivity contribution is -0.142. The molecule has 0 aliphatic heterocycles. The number of nitrogens with one attached hydrogen (secondary N) is 1. The molecule has 0 amide bonds. The fourth-order valence-electron chi connectivity index (χ4n) is 2.01. The first kappa shape index (κ1) is 15.7. The molecule has 0 aromatic heterocycles. The lowest BCUT2D eigenvalue weighted by Crippen LogP contribution is -2.40. The van der Waals surface area contributed by atoms with Crippen LogP contribution in [-0.4, -0.2) is 17.3 Å². The van der Waals surface area contributed by atoms with Gasteiger partial charge in [-0.15, -0.1) is 11.8 Å². The Morgan fingerprint density at radius 2 is 1.81 bits per heavy atom. The number of rotatable bonds is 5. The minimum absolute atomic E-state index is 0.491. The number of halogens is 1. The number of carboxylic acid groups (broad SMARTS) is 1. The molecule has 0 spiro atoms. The highest BCUT2D eigenvalue weighted by atomic mass is 35.5. The molecule has 2 rings (SSSR count). The molecule has 2 aromatic carbocycles. The fourth-order valence-corrected chi connectivity index (χ4v) is 2.60. The van der Waals surface area contributed by atoms with Gasteiger partial charge in [-0.25, -0.2) is 4.79 Å². The van der Waals surface area contributed by atoms with Crippen molar-refractivity contribution in [3.05, 3.63) is 59.1 Å². The zero-order chi connectivity index (χ0) is 15.5. The summed E-state index contributed by atoms with van der Waals surface area (Å²) >= 11 is 7.73. The van der Waals surface area contributed by atoms with E-state index < -0.39 is 11.5 Å². The highest BCUT2D eigenvalue weighted by molar-refractivity contribution is 7.98. The second kappa shape index (κ2) is 6.41. The molecular formula is C16H16ClNO2S. The van der Waals surface area contributed by atoms with E-state index in [1.165, 1.54) is 0 Å². The van der Waals surface area contributed by atoms with Crippen LogP contribution in [0.15, 0.2) is 53.4 Å². The van der Waals surface area contributed by atoms with Crippen molar-refractivity contribution in [1.82, 2.24) is 0 Å². The third-order valence-corrected chi connectivity index (χ3v) is 4.43. The van der Waals surface area contributed by atoms with E-state index in [1.807, 2.05) is 36.6 Å². The van der Waals surface area contributed by atoms with Crippen LogP contribution in [0, 0.1) is 0 Å². The van der Waals surface area contributed by atoms with Crippen LogP contribution >= 0.6 is 23.4 Å². The van der Waals surface area contributed by atoms with E-state index in [2.05, 4.69) is 5.32 Å². The minimum atomic E-state index is -1.25. The number of carboxylic acids is 1. The zero-order valence-electron chi connectivity index (χ0n) is 11.8. The normalized spacial score (nSPS) is 13.5. The molecule has 21 heavy (non-hydrogen) atoms. The van der Waals surface area contributed by atoms with Gasteiger partial charge in [-0.2, -0.15) is 0 Å². The Morgan fingerprint density at radius 3 is 2.33 bits per heavy atom. The number of hydrogen-bond donors (Lipinski definition) is 2. The molecule has 1 atom stereocenters. The Hall–Kier alpha value is -1.65. The second-order valence-corrected chi connectivity index (χ2v) is 6.05. The van der Waals surface area contributed by atoms with Gasteiger partial charge < -0.3 is 10.4 Å². The zero-order valence-corrected chi connectivity index (χ0v) is 13.3. The van der Waals surface area contributed by atoms with E-state index in [1.54, 1.807) is 36.9 Å². The van der Waals surface area contributed by atoms with Crippen LogP contribution in [0.1, 0.15) is 12.5 Å². The maximum Gasteiger partial charge on any atom is 0.333 e. The summed E-state index contributed by atoms with van der Waals surface area (Å²) in [5, 5.41) is 13.2. The second-order valence-electron chi connectivity index (χ2n) is 4.76. The van der Waals surface area contributed by atoms with E-state index in [0.717, 1.165) is 4.90 Å². The molecule has 0 saturated heterocycles. The molecule has 0 fully saturated rings. The maximum atomic E-state index is 11.8. The lowest BCUT2D eigenvalue weighted by Gasteiger charge is -2.28. The summed E-state index contributed by atoms with van der Waals surface area (Å²) in [4.78, 5) is 12.9. The summed E-state index contributed by atoms with van der Waals surface area (Å²) in [5.41, 5.74) is 0.0211. The third kappa shape index (κ3) is 3.34. The van der Waals surface area contributed by atoms with Crippen molar-refractivity contribution in [2.24, 2.45) is 0 Å². The predicted octanol–water partition coefficient (Wildman–Crippen LogP) is 4.47. The molecule has 3 nitrogen and oxygen atoms in total. The Balaban J connectivity index is 2.40. The van der Waals surface area contributed by atoms with Crippen molar-refractivity contribution in [2.45, 2.75) is 17.4 Å². The number of anilines is 1. The van der Waals surface area contributed by atoms with Crippen molar-refractivity contribution in [1.29, 1.82) is 0 Å². The molecule has 0 bridgehead atoms. The van der Waals surface area contributed by atoms with Gasteiger partial charge in [-0.3, -0.25) is 0 Å². The van der Waals surface area contributed by atoms with Gasteiger partial charge in [0.05, 0.1) is 10.7 Å². The molecule has 5 heteroatoms. The summed E-state index contributed by atoms with van der Waals surface area (Å²) in [6.45, 7) is 1.63. The Labute approximate surface area is 133 Å². The Kier molecular flexibility index (Phi) is 4.80. The average Bonchev–Trinajstić information content (AvgIpc) is 2.49. The van der Waals surface area contributed by atoms with Crippen molar-refractivity contribution < 1.29 is 9.90 Å². The Morgan fingerprint density at radius 1 is 1.19 bits per heavy atom. The van der Waals surface area contributed by atoms with E-state index in [-0.39, 0.29) is 0 Å². The summed E-state index contributed by atoms with van der Waals surface area (Å²) in [5.74, 6) is -0.959. The SMILES string of the molecule is CSc1ccc(C(C)(Nc2ccccc2Cl)C(=O)O)cc1. The standard InChI is InChI=1S/C16H16ClNO2S/c1-16(15(19)20,11-7-9-12(21-2)10-8-11)18-14-6-4-3-5-13(14)17/h3-10,18H,1-2H3,(H,19,20). The van der Waals surface area contributed by atoms with E-state index in [9.17, 15) is 9.90 Å². The van der Waals surface area contributed by atoms with Crippen LogP contribution in [0.3, 0.4) is 0 Å². The summed E-state index contributed by atoms with van der Waals surface area (Å²) in [6, 6.07) is 14.6. The first-order chi connectivity index (χ1) is 9.97. The number of benzene rings is 2. The van der Waals surface area contributed by atoms with E-state index >= 15 is 0 Å². The smallest absolute Gasteiger partial charge is 0.333 e. The van der Waals surface area contributed by atoms with Crippen LogP contribution in [0.4, 0.5) is 5.69 Å². The first-order valence-corrected chi connectivity index (χ1v) is 7.98. The summed E-state index contributed by atoms with van der Waals surface area (Å²) in [7, 11) is 0. The van der Waals surface area contributed by atoms with Crippen LogP contribution in [0.25, 0.3) is 0 Å². The van der Waals surface area contributed by atoms with Gasteiger partial charge in [0.25, 0.3) is 0 Å². The molecule has 0 radical (unpaired) electrons. The minimum Gasteiger partial charge on any atom is -0.479 e. The maximum absolute atomic E-state index is 11.8. The van der Waals surface area contributed by atoms with Gasteiger partial charge in [0, 0.05) is 4.90 Å². The van der Waals surface area contributed by atoms with Gasteiger partial charge in [-0.05, 0) is 43.0 Å². The van der Waals surface area contributed by atoms with Crippen LogP contribution in [0.5, 0.6) is 0 Å². The molecule has 0 saturated carbocycles. The van der Waals surface area contributed by atoms with E-state index in [0.29, 0.717) is 16.3 Å². The quantitative estimate of drug-likeness (QED) is 0.797. The number of hydrogen-bond acceptors (Lipinski definition) is 3. The monoisotopic (exact) mass is 321 g/mol. The summed E-state index contributed by atoms with van der Waals surface area (Å²) in [6.07, 6.45) is 1.98. The lowest BCUT2D eigenvalue weighted by atomic mass is 9.91. The van der Waals surface area contributed by atoms with Gasteiger partial charge in [-0.1, -0.05) is 35.9 Å². The molecule has 0 heterocycles. The largest absolute Gasteiger partial charge is 0.479 e. The molecule has 2 N–H and O–H groups in total. The van der Waals surface area contributed by atoms with Crippen molar-refractivity contribution in [3.63, 3.8) is 0 Å². The molecule has 1 unspecified atom stereocenters. The highest BCUT2D eigenvalue weighted by Crippen LogP contribution is 2.31. The predicted molar refractivity (Wildman–Crippen MR) is 88.3 cm³/mol. The fraction of sp³-hybridized carbons (Fsp3) is 0.188. The highest BCUT2D eigenvalue weighted by Gasteiger charge is 2.35. The molecule has 0 aliphatic rings. The van der Waals surface area contributed by atoms with Crippen molar-refractivity contribution in [3.8, 4) is 0 Å². The number of aliphatic carboxylic acids is 1. The molecular weight excluding hydrogens is 306 g/mol. The van der Waals surface area contributed by atoms with E-state index in [4.69, 9.17) is 11.6 Å². The molecule has 110 valence electrons. The van der Waals surface area contributed by atoms with Crippen LogP contribution in [0.2, 0.25) is 5.02 Å². The van der Waals surface area contributed by atoms with Gasteiger partial charge in [0.2, 0.25) is 0 Å². The van der Waals surface area contributed by atoms with Crippen LogP contribution < -0.4 is 5.32 Å². The van der Waals surface area contributed by atoms with Gasteiger partial charge in [0.15, 0.2) is 5.54 Å². The van der Waals surface area contributed by atoms with Crippen molar-refractivity contribution >= 4 is 35.0 Å². The summed E-state index contributed by atoms with van der Waals surface area (Å²) < 4.78 is 0. The molecule has 0 aliphatic carbocycles. The van der Waals surface area contributed by atoms with Crippen molar-refractivity contribution in [2.75, 3.05) is 11.6 Å². The number of thioether (sulfide) groups is 1. The Bertz CT molecular complexity index is 645. The van der Waals surface area contributed by atoms with Gasteiger partial charge in [0.1, 0.15) is 0 Å². The third-order valence-electron chi connectivity index (χ3n) is 3.35. The van der Waals surface area contributed by atoms with Crippen LogP contribution in [-0.2, 0) is 10.3 Å².